The SMILES string of the molecule is c1ccc2c(c1)oc1c2cc2c3c1c1cccc4c1n3-c1c3c(cc5c1B2c1cccc2c6ccccc6n-5c12)-n1c2ccccc2c2cccc(c21)B34. The lowest BCUT2D eigenvalue weighted by molar-refractivity contribution is 0.673. The van der Waals surface area contributed by atoms with Crippen LogP contribution in [-0.4, -0.2) is 27.1 Å². The molecule has 4 aliphatic heterocycles. The molecule has 0 amide bonds. The summed E-state index contributed by atoms with van der Waals surface area (Å²) < 4.78 is 14.8. The summed E-state index contributed by atoms with van der Waals surface area (Å²) >= 11 is 0. The molecule has 4 aromatic heterocycles. The average Bonchev–Trinajstić information content (AvgIpc) is 3.97. The van der Waals surface area contributed by atoms with Crippen molar-refractivity contribution >= 4 is 134 Å². The van der Waals surface area contributed by atoms with Crippen molar-refractivity contribution in [3.63, 3.8) is 0 Å². The molecular weight excluding hydrogens is 656 g/mol. The first-order valence-corrected chi connectivity index (χ1v) is 19.0. The topological polar surface area (TPSA) is 27.9 Å². The maximum atomic E-state index is 6.92. The molecule has 242 valence electrons. The maximum Gasteiger partial charge on any atom is 0.252 e. The highest BCUT2D eigenvalue weighted by Crippen LogP contribution is 2.45. The van der Waals surface area contributed by atoms with Gasteiger partial charge in [-0.15, -0.1) is 0 Å². The smallest absolute Gasteiger partial charge is 0.252 e. The van der Waals surface area contributed by atoms with Crippen LogP contribution in [0.3, 0.4) is 0 Å². The Kier molecular flexibility index (Phi) is 3.93. The summed E-state index contributed by atoms with van der Waals surface area (Å²) in [6, 6.07) is 52.7. The molecule has 0 N–H and O–H groups in total. The Balaban J connectivity index is 1.24. The second-order valence-corrected chi connectivity index (χ2v) is 15.9. The lowest BCUT2D eigenvalue weighted by Gasteiger charge is -2.41. The average molecular weight is 679 g/mol. The standard InChI is InChI=1S/C48H23B2N3O/c1-4-19-35-24(10-1)27-13-7-16-31-43(27)51(35)37-23-38-42-47-41(37)49(31)33-18-9-15-29-40-46(53(47)45(29)33)34(22-30-26-12-3-6-21-39(26)54-48(30)40)50(42)32-17-8-14-28-25-11-2-5-20-36(25)52(38)44(28)32/h1-23H. The van der Waals surface area contributed by atoms with Crippen molar-refractivity contribution in [2.75, 3.05) is 0 Å². The summed E-state index contributed by atoms with van der Waals surface area (Å²) in [6.07, 6.45) is 0. The molecule has 0 fully saturated rings. The molecular formula is C48H23B2N3O. The number of furan rings is 1. The normalized spacial score (nSPS) is 14.2. The van der Waals surface area contributed by atoms with Crippen molar-refractivity contribution in [2.45, 2.75) is 0 Å². The summed E-state index contributed by atoms with van der Waals surface area (Å²) in [4.78, 5) is 0. The van der Waals surface area contributed by atoms with Crippen molar-refractivity contribution in [2.24, 2.45) is 0 Å². The second kappa shape index (κ2) is 8.17. The van der Waals surface area contributed by atoms with E-state index in [9.17, 15) is 0 Å². The van der Waals surface area contributed by atoms with E-state index in [4.69, 9.17) is 4.42 Å². The molecule has 16 rings (SSSR count). The third kappa shape index (κ3) is 2.48. The van der Waals surface area contributed by atoms with Gasteiger partial charge in [0.1, 0.15) is 11.2 Å². The molecule has 8 aromatic carbocycles. The van der Waals surface area contributed by atoms with E-state index in [1.165, 1.54) is 126 Å². The molecule has 12 aromatic rings. The largest absolute Gasteiger partial charge is 0.455 e. The van der Waals surface area contributed by atoms with Crippen molar-refractivity contribution in [3.8, 4) is 17.1 Å². The fraction of sp³-hybridized carbons (Fsp3) is 0. The van der Waals surface area contributed by atoms with Crippen LogP contribution in [-0.2, 0) is 0 Å². The van der Waals surface area contributed by atoms with E-state index in [2.05, 4.69) is 153 Å². The minimum absolute atomic E-state index is 0.0546. The van der Waals surface area contributed by atoms with Crippen LogP contribution in [0.2, 0.25) is 0 Å². The van der Waals surface area contributed by atoms with Crippen LogP contribution >= 0.6 is 0 Å². The zero-order valence-corrected chi connectivity index (χ0v) is 28.7. The predicted octanol–water partition coefficient (Wildman–Crippen LogP) is 7.16. The highest BCUT2D eigenvalue weighted by molar-refractivity contribution is 7.04. The number of benzene rings is 8. The molecule has 6 heteroatoms. The first-order chi connectivity index (χ1) is 26.8. The van der Waals surface area contributed by atoms with E-state index in [0.717, 1.165) is 11.2 Å². The van der Waals surface area contributed by atoms with Gasteiger partial charge in [-0.2, -0.15) is 0 Å². The summed E-state index contributed by atoms with van der Waals surface area (Å²) in [6.45, 7) is 0.146. The van der Waals surface area contributed by atoms with Crippen LogP contribution < -0.4 is 32.8 Å². The Hall–Kier alpha value is -6.91. The van der Waals surface area contributed by atoms with Crippen LogP contribution in [0.5, 0.6) is 0 Å². The van der Waals surface area contributed by atoms with Gasteiger partial charge in [-0.25, -0.2) is 0 Å². The Bertz CT molecular complexity index is 3870. The van der Waals surface area contributed by atoms with E-state index in [1.807, 2.05) is 0 Å². The number of hydrogen-bond donors (Lipinski definition) is 0. The van der Waals surface area contributed by atoms with E-state index in [-0.39, 0.29) is 13.4 Å². The Labute approximate surface area is 307 Å². The van der Waals surface area contributed by atoms with Crippen LogP contribution in [0.15, 0.2) is 144 Å². The van der Waals surface area contributed by atoms with Gasteiger partial charge in [-0.3, -0.25) is 0 Å². The Morgan fingerprint density at radius 1 is 0.389 bits per heavy atom. The van der Waals surface area contributed by atoms with Gasteiger partial charge in [-0.1, -0.05) is 115 Å². The summed E-state index contributed by atoms with van der Waals surface area (Å²) in [7, 11) is 0. The number of hydrogen-bond acceptors (Lipinski definition) is 1. The second-order valence-electron chi connectivity index (χ2n) is 15.9. The molecule has 4 aliphatic rings. The maximum absolute atomic E-state index is 6.92. The molecule has 54 heavy (non-hydrogen) atoms. The van der Waals surface area contributed by atoms with E-state index < -0.39 is 0 Å². The number of fused-ring (bicyclic) bond motifs is 17. The highest BCUT2D eigenvalue weighted by atomic mass is 16.3. The minimum atomic E-state index is 0.0546. The van der Waals surface area contributed by atoms with Crippen LogP contribution in [0.25, 0.3) is 104 Å². The fourth-order valence-corrected chi connectivity index (χ4v) is 12.0. The first-order valence-electron chi connectivity index (χ1n) is 19.0. The molecule has 0 saturated heterocycles. The van der Waals surface area contributed by atoms with Gasteiger partial charge in [0, 0.05) is 71.3 Å². The lowest BCUT2D eigenvalue weighted by Crippen LogP contribution is -2.66. The van der Waals surface area contributed by atoms with Crippen molar-refractivity contribution < 1.29 is 4.42 Å². The Morgan fingerprint density at radius 3 is 1.56 bits per heavy atom. The predicted molar refractivity (Wildman–Crippen MR) is 226 cm³/mol. The van der Waals surface area contributed by atoms with Gasteiger partial charge in [0.05, 0.1) is 21.9 Å². The summed E-state index contributed by atoms with van der Waals surface area (Å²) in [5.41, 5.74) is 22.0. The van der Waals surface area contributed by atoms with Gasteiger partial charge < -0.3 is 18.1 Å². The van der Waals surface area contributed by atoms with Crippen molar-refractivity contribution in [3.05, 3.63) is 140 Å². The molecule has 4 nitrogen and oxygen atoms in total. The molecule has 0 bridgehead atoms. The van der Waals surface area contributed by atoms with E-state index in [0.29, 0.717) is 0 Å². The zero-order chi connectivity index (χ0) is 34.3. The fourth-order valence-electron chi connectivity index (χ4n) is 12.0. The molecule has 0 atom stereocenters. The molecule has 8 heterocycles. The van der Waals surface area contributed by atoms with Gasteiger partial charge in [0.2, 0.25) is 0 Å². The number of para-hydroxylation sites is 6. The van der Waals surface area contributed by atoms with Crippen molar-refractivity contribution in [1.82, 2.24) is 13.7 Å². The zero-order valence-electron chi connectivity index (χ0n) is 28.7. The van der Waals surface area contributed by atoms with Gasteiger partial charge >= 0.3 is 0 Å². The third-order valence-corrected chi connectivity index (χ3v) is 13.8. The molecule has 0 aliphatic carbocycles. The molecule has 0 unspecified atom stereocenters. The number of nitrogens with zero attached hydrogens (tertiary/aromatic N) is 3. The molecule has 0 spiro atoms. The van der Waals surface area contributed by atoms with Crippen LogP contribution in [0.1, 0.15) is 0 Å². The highest BCUT2D eigenvalue weighted by Gasteiger charge is 2.49. The van der Waals surface area contributed by atoms with E-state index in [1.54, 1.807) is 0 Å². The number of aromatic nitrogens is 3. The van der Waals surface area contributed by atoms with Gasteiger partial charge in [-0.05, 0) is 57.0 Å². The third-order valence-electron chi connectivity index (χ3n) is 13.8. The molecule has 0 radical (unpaired) electrons. The minimum Gasteiger partial charge on any atom is -0.455 e. The number of rotatable bonds is 0. The first kappa shape index (κ1) is 25.9. The summed E-state index contributed by atoms with van der Waals surface area (Å²) in [5.74, 6) is 0. The lowest BCUT2D eigenvalue weighted by atomic mass is 9.30. The van der Waals surface area contributed by atoms with Crippen LogP contribution in [0.4, 0.5) is 0 Å². The monoisotopic (exact) mass is 679 g/mol. The summed E-state index contributed by atoms with van der Waals surface area (Å²) in [5, 5.41) is 10.1. The van der Waals surface area contributed by atoms with Crippen molar-refractivity contribution in [1.29, 1.82) is 0 Å². The van der Waals surface area contributed by atoms with Gasteiger partial charge in [0.15, 0.2) is 0 Å². The van der Waals surface area contributed by atoms with Gasteiger partial charge in [0.25, 0.3) is 13.4 Å². The van der Waals surface area contributed by atoms with E-state index >= 15 is 0 Å². The molecule has 0 saturated carbocycles. The Morgan fingerprint density at radius 2 is 0.907 bits per heavy atom. The quantitative estimate of drug-likeness (QED) is 0.157. The van der Waals surface area contributed by atoms with Crippen LogP contribution in [0, 0.1) is 0 Å².